The number of nitrogens with two attached hydrogens (primary N) is 1. The average Bonchev–Trinajstić information content (AvgIpc) is 3.60. The van der Waals surface area contributed by atoms with E-state index in [1.165, 1.54) is 15.9 Å². The van der Waals surface area contributed by atoms with Crippen molar-refractivity contribution in [3.05, 3.63) is 115 Å². The predicted octanol–water partition coefficient (Wildman–Crippen LogP) is 4.73. The van der Waals surface area contributed by atoms with Gasteiger partial charge in [0.1, 0.15) is 5.56 Å². The van der Waals surface area contributed by atoms with Gasteiger partial charge in [-0.2, -0.15) is 0 Å². The van der Waals surface area contributed by atoms with E-state index in [-0.39, 0.29) is 16.9 Å². The van der Waals surface area contributed by atoms with Gasteiger partial charge in [0.05, 0.1) is 33.7 Å². The highest BCUT2D eigenvalue weighted by molar-refractivity contribution is 9.10. The molecular formula is C29H20BrN7O2S. The van der Waals surface area contributed by atoms with Crippen LogP contribution >= 0.6 is 27.3 Å². The van der Waals surface area contributed by atoms with E-state index >= 15 is 0 Å². The SMILES string of the molecule is CC(NC(=O)c1c(N)nn2cccnc12)c1c(Br)c2cccc(C#Cc3cncs3)c2c(=O)n1-c1ccccc1. The second-order valence-electron chi connectivity index (χ2n) is 8.86. The number of pyridine rings is 1. The van der Waals surface area contributed by atoms with Crippen LogP contribution in [0, 0.1) is 11.8 Å². The van der Waals surface area contributed by atoms with Crippen molar-refractivity contribution in [3.63, 3.8) is 0 Å². The van der Waals surface area contributed by atoms with Crippen molar-refractivity contribution in [2.45, 2.75) is 13.0 Å². The summed E-state index contributed by atoms with van der Waals surface area (Å²) in [6, 6.07) is 15.9. The molecule has 3 N–H and O–H groups in total. The Balaban J connectivity index is 1.52. The molecular weight excluding hydrogens is 590 g/mol. The fourth-order valence-electron chi connectivity index (χ4n) is 4.61. The lowest BCUT2D eigenvalue weighted by molar-refractivity contribution is 0.0941. The number of fused-ring (bicyclic) bond motifs is 2. The molecule has 196 valence electrons. The molecule has 6 aromatic rings. The number of benzene rings is 2. The maximum absolute atomic E-state index is 14.2. The van der Waals surface area contributed by atoms with Gasteiger partial charge < -0.3 is 11.1 Å². The van der Waals surface area contributed by atoms with Crippen LogP contribution in [0.15, 0.2) is 88.0 Å². The minimum atomic E-state index is -0.621. The minimum absolute atomic E-state index is 0.0607. The lowest BCUT2D eigenvalue weighted by Crippen LogP contribution is -2.33. The Kier molecular flexibility index (Phi) is 6.63. The van der Waals surface area contributed by atoms with Crippen molar-refractivity contribution in [2.75, 3.05) is 5.73 Å². The standard InChI is InChI=1S/C29H20BrN7O2S/c1-17(34-28(38)23-26(31)35-36-14-6-13-33-27(23)36)25-24(30)21-10-5-7-18(11-12-20-15-32-16-40-20)22(21)29(39)37(25)19-8-3-2-4-9-19/h2-10,13-17H,1H3,(H2,31,35)(H,34,38). The molecule has 2 aromatic carbocycles. The summed E-state index contributed by atoms with van der Waals surface area (Å²) in [7, 11) is 0. The van der Waals surface area contributed by atoms with Gasteiger partial charge in [0, 0.05) is 33.5 Å². The van der Waals surface area contributed by atoms with Crippen LogP contribution in [0.2, 0.25) is 0 Å². The summed E-state index contributed by atoms with van der Waals surface area (Å²) in [4.78, 5) is 36.8. The highest BCUT2D eigenvalue weighted by Crippen LogP contribution is 2.33. The van der Waals surface area contributed by atoms with Crippen molar-refractivity contribution in [3.8, 4) is 17.5 Å². The third-order valence-corrected chi connectivity index (χ3v) is 7.88. The molecule has 0 bridgehead atoms. The summed E-state index contributed by atoms with van der Waals surface area (Å²) in [5, 5.41) is 8.33. The number of amides is 1. The molecule has 1 amide bonds. The number of rotatable bonds is 4. The maximum atomic E-state index is 14.2. The number of para-hydroxylation sites is 1. The Morgan fingerprint density at radius 2 is 1.95 bits per heavy atom. The van der Waals surface area contributed by atoms with E-state index in [2.05, 4.69) is 48.2 Å². The van der Waals surface area contributed by atoms with Crippen LogP contribution < -0.4 is 16.6 Å². The van der Waals surface area contributed by atoms with Crippen LogP contribution in [-0.2, 0) is 0 Å². The normalized spacial score (nSPS) is 11.8. The number of halogens is 1. The van der Waals surface area contributed by atoms with Gasteiger partial charge in [0.15, 0.2) is 11.5 Å². The Labute approximate surface area is 240 Å². The summed E-state index contributed by atoms with van der Waals surface area (Å²) in [6.45, 7) is 1.81. The zero-order valence-electron chi connectivity index (χ0n) is 21.0. The van der Waals surface area contributed by atoms with Crippen molar-refractivity contribution in [1.82, 2.24) is 29.5 Å². The number of carbonyl (C=O) groups excluding carboxylic acids is 1. The fraction of sp³-hybridized carbons (Fsp3) is 0.0690. The highest BCUT2D eigenvalue weighted by Gasteiger charge is 2.26. The number of nitrogen functional groups attached to an aromatic ring is 1. The molecule has 0 saturated heterocycles. The van der Waals surface area contributed by atoms with Gasteiger partial charge in [-0.15, -0.1) is 16.4 Å². The quantitative estimate of drug-likeness (QED) is 0.279. The summed E-state index contributed by atoms with van der Waals surface area (Å²) < 4.78 is 3.72. The molecule has 9 nitrogen and oxygen atoms in total. The van der Waals surface area contributed by atoms with E-state index in [1.807, 2.05) is 55.5 Å². The number of nitrogens with zero attached hydrogens (tertiary/aromatic N) is 5. The van der Waals surface area contributed by atoms with E-state index in [0.717, 1.165) is 4.88 Å². The van der Waals surface area contributed by atoms with E-state index in [9.17, 15) is 9.59 Å². The fourth-order valence-corrected chi connectivity index (χ4v) is 5.93. The van der Waals surface area contributed by atoms with Crippen molar-refractivity contribution in [2.24, 2.45) is 0 Å². The lowest BCUT2D eigenvalue weighted by Gasteiger charge is -2.23. The average molecular weight is 610 g/mol. The first-order valence-corrected chi connectivity index (χ1v) is 13.8. The molecule has 0 fully saturated rings. The third-order valence-electron chi connectivity index (χ3n) is 6.36. The van der Waals surface area contributed by atoms with Crippen LogP contribution in [0.1, 0.15) is 39.5 Å². The molecule has 40 heavy (non-hydrogen) atoms. The van der Waals surface area contributed by atoms with Crippen LogP contribution in [0.25, 0.3) is 22.1 Å². The summed E-state index contributed by atoms with van der Waals surface area (Å²) in [5.74, 6) is 5.85. The number of aromatic nitrogens is 5. The molecule has 0 radical (unpaired) electrons. The zero-order chi connectivity index (χ0) is 27.8. The van der Waals surface area contributed by atoms with E-state index in [1.54, 1.807) is 34.7 Å². The monoisotopic (exact) mass is 609 g/mol. The number of anilines is 1. The van der Waals surface area contributed by atoms with E-state index < -0.39 is 11.9 Å². The van der Waals surface area contributed by atoms with Gasteiger partial charge in [-0.1, -0.05) is 36.3 Å². The number of hydrogen-bond donors (Lipinski definition) is 2. The van der Waals surface area contributed by atoms with Crippen molar-refractivity contribution < 1.29 is 4.79 Å². The van der Waals surface area contributed by atoms with Gasteiger partial charge in [0.2, 0.25) is 0 Å². The predicted molar refractivity (Wildman–Crippen MR) is 159 cm³/mol. The highest BCUT2D eigenvalue weighted by atomic mass is 79.9. The molecule has 0 aliphatic rings. The summed E-state index contributed by atoms with van der Waals surface area (Å²) >= 11 is 5.19. The Hall–Kier alpha value is -4.79. The van der Waals surface area contributed by atoms with E-state index in [4.69, 9.17) is 5.73 Å². The Bertz CT molecular complexity index is 2020. The van der Waals surface area contributed by atoms with Gasteiger partial charge in [-0.05, 0) is 53.0 Å². The second-order valence-corrected chi connectivity index (χ2v) is 10.5. The Morgan fingerprint density at radius 1 is 1.12 bits per heavy atom. The molecule has 11 heteroatoms. The lowest BCUT2D eigenvalue weighted by atomic mass is 10.0. The first-order valence-electron chi connectivity index (χ1n) is 12.2. The van der Waals surface area contributed by atoms with Crippen molar-refractivity contribution in [1.29, 1.82) is 0 Å². The Morgan fingerprint density at radius 3 is 2.73 bits per heavy atom. The van der Waals surface area contributed by atoms with Gasteiger partial charge in [-0.25, -0.2) is 9.50 Å². The van der Waals surface area contributed by atoms with Crippen LogP contribution in [0.3, 0.4) is 0 Å². The molecule has 6 rings (SSSR count). The van der Waals surface area contributed by atoms with E-state index in [0.29, 0.717) is 37.8 Å². The molecule has 0 aliphatic carbocycles. The second kappa shape index (κ2) is 10.4. The zero-order valence-corrected chi connectivity index (χ0v) is 23.4. The van der Waals surface area contributed by atoms with Crippen LogP contribution in [0.4, 0.5) is 5.82 Å². The summed E-state index contributed by atoms with van der Waals surface area (Å²) in [5.41, 5.74) is 9.85. The molecule has 1 atom stereocenters. The third kappa shape index (κ3) is 4.43. The summed E-state index contributed by atoms with van der Waals surface area (Å²) in [6.07, 6.45) is 4.93. The smallest absolute Gasteiger partial charge is 0.264 e. The minimum Gasteiger partial charge on any atom is -0.381 e. The number of hydrogen-bond acceptors (Lipinski definition) is 7. The molecule has 1 unspecified atom stereocenters. The first-order chi connectivity index (χ1) is 19.4. The van der Waals surface area contributed by atoms with Crippen LogP contribution in [-0.4, -0.2) is 30.1 Å². The van der Waals surface area contributed by atoms with Crippen molar-refractivity contribution >= 4 is 55.4 Å². The molecule has 4 aromatic heterocycles. The first kappa shape index (κ1) is 25.5. The topological polar surface area (TPSA) is 120 Å². The largest absolute Gasteiger partial charge is 0.381 e. The molecule has 0 spiro atoms. The number of carbonyl (C=O) groups is 1. The molecule has 4 heterocycles. The van der Waals surface area contributed by atoms with Crippen LogP contribution in [0.5, 0.6) is 0 Å². The maximum Gasteiger partial charge on any atom is 0.264 e. The molecule has 0 saturated carbocycles. The molecule has 0 aliphatic heterocycles. The van der Waals surface area contributed by atoms with Gasteiger partial charge >= 0.3 is 0 Å². The van der Waals surface area contributed by atoms with Gasteiger partial charge in [0.25, 0.3) is 11.5 Å². The number of nitrogens with one attached hydrogen (secondary N) is 1. The number of thiazole rings is 1. The van der Waals surface area contributed by atoms with Gasteiger partial charge in [-0.3, -0.25) is 19.1 Å².